The fourth-order valence-electron chi connectivity index (χ4n) is 1.42. The monoisotopic (exact) mass is 185 g/mol. The van der Waals surface area contributed by atoms with Gasteiger partial charge in [0.15, 0.2) is 0 Å². The number of hydrogen-bond acceptors (Lipinski definition) is 1. The first-order valence-electron chi connectivity index (χ1n) is 5.52. The zero-order chi connectivity index (χ0) is 9.07. The molecule has 0 aliphatic heterocycles. The summed E-state index contributed by atoms with van der Waals surface area (Å²) >= 11 is 0. The van der Waals surface area contributed by atoms with E-state index >= 15 is 0 Å². The minimum absolute atomic E-state index is 0. The van der Waals surface area contributed by atoms with Gasteiger partial charge in [0.1, 0.15) is 0 Å². The third-order valence-electron chi connectivity index (χ3n) is 2.26. The molecule has 0 saturated carbocycles. The molecule has 0 aliphatic carbocycles. The Morgan fingerprint density at radius 2 is 1.31 bits per heavy atom. The van der Waals surface area contributed by atoms with E-state index in [1.165, 1.54) is 57.8 Å². The normalized spacial score (nSPS) is 9.31. The summed E-state index contributed by atoms with van der Waals surface area (Å²) in [7, 11) is 0. The fourth-order valence-corrected chi connectivity index (χ4v) is 1.42. The van der Waals surface area contributed by atoms with E-state index in [1.54, 1.807) is 0 Å². The summed E-state index contributed by atoms with van der Waals surface area (Å²) in [4.78, 5) is 0. The molecule has 0 aromatic rings. The standard InChI is InChI=1S/C12H24.H3N/c1-3-5-7-9-11-12-10-8-6-4-2;/h3H,1,4-12H2,2H3;1H3. The summed E-state index contributed by atoms with van der Waals surface area (Å²) in [5, 5.41) is 0. The molecule has 13 heavy (non-hydrogen) atoms. The van der Waals surface area contributed by atoms with E-state index in [-0.39, 0.29) is 6.15 Å². The smallest absolute Gasteiger partial charge is 0.0353 e. The van der Waals surface area contributed by atoms with Gasteiger partial charge in [0, 0.05) is 0 Å². The predicted molar refractivity (Wildman–Crippen MR) is 62.4 cm³/mol. The molecule has 3 N–H and O–H groups in total. The Morgan fingerprint density at radius 1 is 0.846 bits per heavy atom. The van der Waals surface area contributed by atoms with Gasteiger partial charge in [0.25, 0.3) is 0 Å². The molecule has 0 aliphatic rings. The van der Waals surface area contributed by atoms with Gasteiger partial charge in [-0.15, -0.1) is 6.58 Å². The van der Waals surface area contributed by atoms with Crippen LogP contribution in [0.15, 0.2) is 12.7 Å². The van der Waals surface area contributed by atoms with Crippen molar-refractivity contribution >= 4 is 0 Å². The van der Waals surface area contributed by atoms with Crippen LogP contribution in [0.4, 0.5) is 0 Å². The van der Waals surface area contributed by atoms with Crippen molar-refractivity contribution in [3.05, 3.63) is 12.7 Å². The van der Waals surface area contributed by atoms with Crippen molar-refractivity contribution in [2.75, 3.05) is 0 Å². The third-order valence-corrected chi connectivity index (χ3v) is 2.26. The molecule has 0 atom stereocenters. The van der Waals surface area contributed by atoms with E-state index in [0.717, 1.165) is 0 Å². The van der Waals surface area contributed by atoms with Crippen molar-refractivity contribution in [1.82, 2.24) is 6.15 Å². The van der Waals surface area contributed by atoms with Crippen LogP contribution in [-0.2, 0) is 0 Å². The second-order valence-corrected chi connectivity index (χ2v) is 3.55. The lowest BCUT2D eigenvalue weighted by molar-refractivity contribution is 0.578. The number of rotatable bonds is 9. The highest BCUT2D eigenvalue weighted by molar-refractivity contribution is 4.65. The first-order chi connectivity index (χ1) is 5.91. The Labute approximate surface area is 84.2 Å². The van der Waals surface area contributed by atoms with Gasteiger partial charge in [-0.3, -0.25) is 0 Å². The molecule has 0 bridgehead atoms. The summed E-state index contributed by atoms with van der Waals surface area (Å²) in [6, 6.07) is 0. The number of allylic oxidation sites excluding steroid dienone is 1. The van der Waals surface area contributed by atoms with Gasteiger partial charge < -0.3 is 6.15 Å². The maximum absolute atomic E-state index is 3.72. The van der Waals surface area contributed by atoms with Crippen LogP contribution in [0.3, 0.4) is 0 Å². The van der Waals surface area contributed by atoms with Crippen molar-refractivity contribution in [3.8, 4) is 0 Å². The van der Waals surface area contributed by atoms with Gasteiger partial charge in [0.05, 0.1) is 0 Å². The van der Waals surface area contributed by atoms with Crippen LogP contribution in [0.1, 0.15) is 64.7 Å². The summed E-state index contributed by atoms with van der Waals surface area (Å²) < 4.78 is 0. The van der Waals surface area contributed by atoms with E-state index in [0.29, 0.717) is 0 Å². The van der Waals surface area contributed by atoms with Crippen LogP contribution in [-0.4, -0.2) is 0 Å². The van der Waals surface area contributed by atoms with E-state index < -0.39 is 0 Å². The van der Waals surface area contributed by atoms with Gasteiger partial charge in [-0.2, -0.15) is 0 Å². The minimum Gasteiger partial charge on any atom is -0.344 e. The van der Waals surface area contributed by atoms with Crippen LogP contribution < -0.4 is 6.15 Å². The summed E-state index contributed by atoms with van der Waals surface area (Å²) in [6.45, 7) is 5.99. The van der Waals surface area contributed by atoms with Crippen molar-refractivity contribution in [2.24, 2.45) is 0 Å². The van der Waals surface area contributed by atoms with Gasteiger partial charge in [-0.25, -0.2) is 0 Å². The van der Waals surface area contributed by atoms with Crippen molar-refractivity contribution in [1.29, 1.82) is 0 Å². The molecule has 0 aromatic heterocycles. The Morgan fingerprint density at radius 3 is 1.77 bits per heavy atom. The predicted octanol–water partition coefficient (Wildman–Crippen LogP) is 4.87. The quantitative estimate of drug-likeness (QED) is 0.404. The molecule has 0 unspecified atom stereocenters. The van der Waals surface area contributed by atoms with Gasteiger partial charge in [-0.05, 0) is 12.8 Å². The first-order valence-corrected chi connectivity index (χ1v) is 5.52. The summed E-state index contributed by atoms with van der Waals surface area (Å²) in [5.74, 6) is 0. The molecule has 0 rings (SSSR count). The lowest BCUT2D eigenvalue weighted by atomic mass is 10.1. The molecular formula is C12H27N. The molecule has 0 aromatic carbocycles. The molecule has 0 radical (unpaired) electrons. The Kier molecular flexibility index (Phi) is 16.6. The van der Waals surface area contributed by atoms with E-state index in [9.17, 15) is 0 Å². The van der Waals surface area contributed by atoms with Crippen LogP contribution in [0, 0.1) is 0 Å². The lowest BCUT2D eigenvalue weighted by Crippen LogP contribution is -1.79. The average Bonchev–Trinajstić information content (AvgIpc) is 2.10. The Hall–Kier alpha value is -0.300. The van der Waals surface area contributed by atoms with Gasteiger partial charge in [0.2, 0.25) is 0 Å². The zero-order valence-corrected chi connectivity index (χ0v) is 9.36. The van der Waals surface area contributed by atoms with E-state index in [2.05, 4.69) is 13.5 Å². The first kappa shape index (κ1) is 15.2. The van der Waals surface area contributed by atoms with E-state index in [1.807, 2.05) is 6.08 Å². The molecule has 0 saturated heterocycles. The molecule has 0 spiro atoms. The maximum Gasteiger partial charge on any atom is -0.0353 e. The van der Waals surface area contributed by atoms with Crippen molar-refractivity contribution in [2.45, 2.75) is 64.7 Å². The van der Waals surface area contributed by atoms with Gasteiger partial charge >= 0.3 is 0 Å². The molecule has 1 heteroatoms. The lowest BCUT2D eigenvalue weighted by Gasteiger charge is -1.99. The average molecular weight is 185 g/mol. The second-order valence-electron chi connectivity index (χ2n) is 3.55. The Balaban J connectivity index is 0. The molecule has 0 amide bonds. The number of hydrogen-bond donors (Lipinski definition) is 1. The van der Waals surface area contributed by atoms with Crippen LogP contribution in [0.2, 0.25) is 0 Å². The van der Waals surface area contributed by atoms with Crippen molar-refractivity contribution in [3.63, 3.8) is 0 Å². The summed E-state index contributed by atoms with van der Waals surface area (Å²) in [6.07, 6.45) is 14.5. The SMILES string of the molecule is C=CCCCCCCCCCC.N. The second kappa shape index (κ2) is 14.2. The van der Waals surface area contributed by atoms with E-state index in [4.69, 9.17) is 0 Å². The summed E-state index contributed by atoms with van der Waals surface area (Å²) in [5.41, 5.74) is 0. The topological polar surface area (TPSA) is 35.0 Å². The zero-order valence-electron chi connectivity index (χ0n) is 9.36. The molecule has 80 valence electrons. The fraction of sp³-hybridized carbons (Fsp3) is 0.833. The number of unbranched alkanes of at least 4 members (excludes halogenated alkanes) is 8. The highest BCUT2D eigenvalue weighted by Gasteiger charge is 1.89. The van der Waals surface area contributed by atoms with Gasteiger partial charge in [-0.1, -0.05) is 57.9 Å². The Bertz CT molecular complexity index is 89.1. The molecule has 0 heterocycles. The van der Waals surface area contributed by atoms with Crippen molar-refractivity contribution < 1.29 is 0 Å². The third kappa shape index (κ3) is 14.5. The van der Waals surface area contributed by atoms with Crippen LogP contribution in [0.5, 0.6) is 0 Å². The molecule has 0 fully saturated rings. The largest absolute Gasteiger partial charge is 0.344 e. The van der Waals surface area contributed by atoms with Crippen LogP contribution in [0.25, 0.3) is 0 Å². The minimum atomic E-state index is 0. The molecular weight excluding hydrogens is 158 g/mol. The van der Waals surface area contributed by atoms with Crippen LogP contribution >= 0.6 is 0 Å². The molecule has 1 nitrogen and oxygen atoms in total. The highest BCUT2D eigenvalue weighted by Crippen LogP contribution is 2.09. The maximum atomic E-state index is 3.72. The highest BCUT2D eigenvalue weighted by atomic mass is 14.0.